The van der Waals surface area contributed by atoms with Crippen molar-refractivity contribution in [3.8, 4) is 5.69 Å². The Balaban J connectivity index is 1.41. The number of nitrogens with two attached hydrogens (primary N) is 1. The van der Waals surface area contributed by atoms with E-state index in [0.717, 1.165) is 6.07 Å². The third kappa shape index (κ3) is 4.55. The molecular formula is C21H18F4N5O4+. The van der Waals surface area contributed by atoms with Crippen LogP contribution in [0.25, 0.3) is 16.6 Å². The van der Waals surface area contributed by atoms with E-state index in [1.807, 2.05) is 0 Å². The number of fused-ring (bicyclic) bond motifs is 1. The Morgan fingerprint density at radius 1 is 1.18 bits per heavy atom. The van der Waals surface area contributed by atoms with Crippen molar-refractivity contribution in [1.29, 1.82) is 0 Å². The Morgan fingerprint density at radius 3 is 2.41 bits per heavy atom. The monoisotopic (exact) mass is 480 g/mol. The summed E-state index contributed by atoms with van der Waals surface area (Å²) in [6.07, 6.45) is -3.58. The molecule has 1 aliphatic heterocycles. The Labute approximate surface area is 189 Å². The fraction of sp³-hybridized carbons (Fsp3) is 0.238. The molecule has 1 saturated heterocycles. The number of halogens is 4. The van der Waals surface area contributed by atoms with Crippen molar-refractivity contribution < 1.29 is 41.4 Å². The maximum atomic E-state index is 13.7. The number of carbonyl (C=O) groups is 3. The zero-order valence-corrected chi connectivity index (χ0v) is 17.6. The number of alkyl halides is 3. The van der Waals surface area contributed by atoms with E-state index in [-0.39, 0.29) is 24.2 Å². The molecule has 0 aliphatic carbocycles. The van der Waals surface area contributed by atoms with Gasteiger partial charge in [0.05, 0.1) is 11.3 Å². The van der Waals surface area contributed by atoms with Crippen LogP contribution in [0, 0.1) is 11.7 Å². The summed E-state index contributed by atoms with van der Waals surface area (Å²) in [5.74, 6) is -4.81. The molecule has 2 aromatic carbocycles. The molecule has 0 saturated carbocycles. The molecule has 9 nitrogen and oxygen atoms in total. The van der Waals surface area contributed by atoms with Crippen LogP contribution in [0.1, 0.15) is 10.4 Å². The second kappa shape index (κ2) is 8.09. The lowest BCUT2D eigenvalue weighted by atomic mass is 9.99. The predicted molar refractivity (Wildman–Crippen MR) is 110 cm³/mol. The van der Waals surface area contributed by atoms with Crippen LogP contribution >= 0.6 is 0 Å². The standard InChI is InChI=1S/C21H17F4N5O4/c1-30(34-20(33)21(23,24)25)9-12(10-30)19(32)27-14-2-4-15(5-3-14)29-8-11-6-13(22)7-16(18(26)31)17(11)28-29/h2-8,12H,9-10H2,1H3,(H2-,26,27,31,32)/p+1. The van der Waals surface area contributed by atoms with Gasteiger partial charge in [-0.3, -0.25) is 14.4 Å². The van der Waals surface area contributed by atoms with E-state index in [0.29, 0.717) is 16.8 Å². The number of likely N-dealkylation sites (tertiary alicyclic amines) is 1. The number of quaternary nitrogens is 1. The highest BCUT2D eigenvalue weighted by molar-refractivity contribution is 6.04. The SMILES string of the molecule is C[N+]1(OC(=O)C(F)(F)F)CC(C(=O)Nc2ccc(-n3cc4cc(F)cc(C(N)=O)c4n3)cc2)C1. The summed E-state index contributed by atoms with van der Waals surface area (Å²) < 4.78 is 51.6. The maximum Gasteiger partial charge on any atom is 0.497 e. The number of rotatable bonds is 5. The highest BCUT2D eigenvalue weighted by atomic mass is 19.4. The molecule has 2 heterocycles. The van der Waals surface area contributed by atoms with Gasteiger partial charge < -0.3 is 11.1 Å². The van der Waals surface area contributed by atoms with E-state index in [9.17, 15) is 31.9 Å². The van der Waals surface area contributed by atoms with Gasteiger partial charge in [-0.1, -0.05) is 0 Å². The third-order valence-corrected chi connectivity index (χ3v) is 5.36. The van der Waals surface area contributed by atoms with E-state index >= 15 is 0 Å². The van der Waals surface area contributed by atoms with E-state index < -0.39 is 40.3 Å². The average Bonchev–Trinajstić information content (AvgIpc) is 3.14. The number of amides is 2. The Bertz CT molecular complexity index is 1300. The number of hydrogen-bond donors (Lipinski definition) is 2. The molecule has 0 spiro atoms. The van der Waals surface area contributed by atoms with Gasteiger partial charge >= 0.3 is 12.1 Å². The Kier molecular flexibility index (Phi) is 5.52. The van der Waals surface area contributed by atoms with Gasteiger partial charge in [-0.05, 0) is 36.4 Å². The molecule has 3 aromatic rings. The topological polar surface area (TPSA) is 116 Å². The van der Waals surface area contributed by atoms with Crippen LogP contribution < -0.4 is 11.1 Å². The van der Waals surface area contributed by atoms with Crippen LogP contribution in [0.15, 0.2) is 42.6 Å². The second-order valence-corrected chi connectivity index (χ2v) is 8.10. The molecule has 1 aliphatic rings. The summed E-state index contributed by atoms with van der Waals surface area (Å²) in [4.78, 5) is 39.4. The first-order chi connectivity index (χ1) is 15.8. The number of benzene rings is 2. The molecule has 1 fully saturated rings. The lowest BCUT2D eigenvalue weighted by Gasteiger charge is -2.42. The van der Waals surface area contributed by atoms with Gasteiger partial charge in [-0.2, -0.15) is 18.3 Å². The fourth-order valence-corrected chi connectivity index (χ4v) is 3.73. The molecule has 0 radical (unpaired) electrons. The minimum absolute atomic E-state index is 0.0514. The number of primary amides is 1. The molecule has 0 unspecified atom stereocenters. The normalized spacial score (nSPS) is 20.0. The van der Waals surface area contributed by atoms with Crippen molar-refractivity contribution in [2.45, 2.75) is 6.18 Å². The molecule has 34 heavy (non-hydrogen) atoms. The molecule has 13 heteroatoms. The quantitative estimate of drug-likeness (QED) is 0.430. The van der Waals surface area contributed by atoms with Crippen LogP contribution in [0.5, 0.6) is 0 Å². The first-order valence-corrected chi connectivity index (χ1v) is 9.90. The number of hydrogen-bond acceptors (Lipinski definition) is 5. The largest absolute Gasteiger partial charge is 0.497 e. The van der Waals surface area contributed by atoms with Gasteiger partial charge in [0, 0.05) is 17.3 Å². The summed E-state index contributed by atoms with van der Waals surface area (Å²) in [7, 11) is 1.28. The zero-order chi connectivity index (χ0) is 24.8. The summed E-state index contributed by atoms with van der Waals surface area (Å²) in [5.41, 5.74) is 6.45. The molecule has 2 amide bonds. The van der Waals surface area contributed by atoms with Crippen molar-refractivity contribution in [2.75, 3.05) is 25.5 Å². The molecule has 178 valence electrons. The van der Waals surface area contributed by atoms with E-state index in [1.54, 1.807) is 24.3 Å². The van der Waals surface area contributed by atoms with Crippen LogP contribution in [0.2, 0.25) is 0 Å². The minimum atomic E-state index is -5.10. The van der Waals surface area contributed by atoms with Crippen molar-refractivity contribution in [2.24, 2.45) is 11.7 Å². The second-order valence-electron chi connectivity index (χ2n) is 8.10. The van der Waals surface area contributed by atoms with Crippen molar-refractivity contribution in [3.05, 3.63) is 54.0 Å². The molecule has 3 N–H and O–H groups in total. The molecule has 1 aromatic heterocycles. The minimum Gasteiger partial charge on any atom is -0.366 e. The highest BCUT2D eigenvalue weighted by Crippen LogP contribution is 2.29. The molecule has 4 rings (SSSR count). The van der Waals surface area contributed by atoms with Crippen molar-refractivity contribution in [3.63, 3.8) is 0 Å². The third-order valence-electron chi connectivity index (χ3n) is 5.36. The van der Waals surface area contributed by atoms with Crippen LogP contribution in [0.3, 0.4) is 0 Å². The number of anilines is 1. The van der Waals surface area contributed by atoms with Crippen LogP contribution in [-0.2, 0) is 14.4 Å². The highest BCUT2D eigenvalue weighted by Gasteiger charge is 2.53. The first kappa shape index (κ1) is 23.2. The number of aromatic nitrogens is 2. The van der Waals surface area contributed by atoms with E-state index in [1.165, 1.54) is 24.0 Å². The van der Waals surface area contributed by atoms with Crippen molar-refractivity contribution >= 4 is 34.4 Å². The van der Waals surface area contributed by atoms with Gasteiger partial charge in [-0.15, -0.1) is 4.65 Å². The molecular weight excluding hydrogens is 462 g/mol. The predicted octanol–water partition coefficient (Wildman–Crippen LogP) is 2.30. The Hall–Kier alpha value is -4.00. The number of carbonyl (C=O) groups excluding carboxylic acids is 3. The number of nitrogens with zero attached hydrogens (tertiary/aromatic N) is 3. The zero-order valence-electron chi connectivity index (χ0n) is 17.6. The first-order valence-electron chi connectivity index (χ1n) is 9.90. The maximum absolute atomic E-state index is 13.7. The lowest BCUT2D eigenvalue weighted by Crippen LogP contribution is -2.65. The molecule has 0 atom stereocenters. The Morgan fingerprint density at radius 2 is 1.82 bits per heavy atom. The van der Waals surface area contributed by atoms with E-state index in [2.05, 4.69) is 15.3 Å². The van der Waals surface area contributed by atoms with Crippen LogP contribution in [-0.4, -0.2) is 58.5 Å². The van der Waals surface area contributed by atoms with Gasteiger partial charge in [0.15, 0.2) is 0 Å². The summed E-state index contributed by atoms with van der Waals surface area (Å²) in [5, 5.41) is 7.31. The molecule has 0 bridgehead atoms. The van der Waals surface area contributed by atoms with Gasteiger partial charge in [0.25, 0.3) is 5.91 Å². The number of nitrogens with one attached hydrogen (secondary N) is 1. The van der Waals surface area contributed by atoms with E-state index in [4.69, 9.17) is 5.73 Å². The number of hydroxylamine groups is 3. The van der Waals surface area contributed by atoms with Gasteiger partial charge in [0.2, 0.25) is 5.91 Å². The van der Waals surface area contributed by atoms with Crippen LogP contribution in [0.4, 0.5) is 23.2 Å². The average molecular weight is 480 g/mol. The summed E-state index contributed by atoms with van der Waals surface area (Å²) in [6.45, 7) is -0.186. The van der Waals surface area contributed by atoms with Gasteiger partial charge in [-0.25, -0.2) is 13.9 Å². The lowest BCUT2D eigenvalue weighted by molar-refractivity contribution is -1.11. The smallest absolute Gasteiger partial charge is 0.366 e. The van der Waals surface area contributed by atoms with Crippen molar-refractivity contribution in [1.82, 2.24) is 9.78 Å². The fourth-order valence-electron chi connectivity index (χ4n) is 3.73. The summed E-state index contributed by atoms with van der Waals surface area (Å²) in [6, 6.07) is 8.62. The van der Waals surface area contributed by atoms with Gasteiger partial charge in [0.1, 0.15) is 37.4 Å². The summed E-state index contributed by atoms with van der Waals surface area (Å²) >= 11 is 0.